The van der Waals surface area contributed by atoms with E-state index in [-0.39, 0.29) is 0 Å². The van der Waals surface area contributed by atoms with Crippen LogP contribution in [0.1, 0.15) is 6.92 Å². The molecule has 0 bridgehead atoms. The van der Waals surface area contributed by atoms with Gasteiger partial charge in [0.05, 0.1) is 0 Å². The van der Waals surface area contributed by atoms with Crippen LogP contribution in [0.5, 0.6) is 0 Å². The molecule has 0 saturated heterocycles. The van der Waals surface area contributed by atoms with Crippen molar-refractivity contribution in [1.29, 1.82) is 0 Å². The Bertz CT molecular complexity index is 99.9. The molecule has 0 aliphatic rings. The van der Waals surface area contributed by atoms with Crippen molar-refractivity contribution in [3.63, 3.8) is 0 Å². The van der Waals surface area contributed by atoms with E-state index in [4.69, 9.17) is 44.3 Å². The normalized spacial score (nSPS) is 15.9. The summed E-state index contributed by atoms with van der Waals surface area (Å²) < 4.78 is 0. The highest BCUT2D eigenvalue weighted by molar-refractivity contribution is 7.45. The molecule has 0 amide bonds. The van der Waals surface area contributed by atoms with Crippen LogP contribution in [-0.4, -0.2) is 14.1 Å². The van der Waals surface area contributed by atoms with Crippen molar-refractivity contribution in [2.45, 2.75) is 25.1 Å². The summed E-state index contributed by atoms with van der Waals surface area (Å²) in [5.41, 5.74) is 0.292. The van der Waals surface area contributed by atoms with Crippen LogP contribution in [0.3, 0.4) is 0 Å². The molecule has 1 unspecified atom stereocenters. The molecule has 61 valence electrons. The van der Waals surface area contributed by atoms with Gasteiger partial charge >= 0.3 is 0 Å². The minimum absolute atomic E-state index is 0.292. The Morgan fingerprint density at radius 3 is 1.90 bits per heavy atom. The maximum Gasteiger partial charge on any atom is 0.276 e. The second kappa shape index (κ2) is 4.58. The van der Waals surface area contributed by atoms with E-state index in [0.717, 1.165) is 6.04 Å². The Labute approximate surface area is 83.2 Å². The van der Waals surface area contributed by atoms with Crippen LogP contribution >= 0.6 is 44.3 Å². The van der Waals surface area contributed by atoms with Crippen LogP contribution < -0.4 is 0 Å². The van der Waals surface area contributed by atoms with E-state index in [9.17, 15) is 0 Å². The van der Waals surface area contributed by atoms with Crippen LogP contribution in [0.2, 0.25) is 18.1 Å². The lowest BCUT2D eigenvalue weighted by atomic mass is 10.6. The molecular formula is C4H9Cl4Si2. The van der Waals surface area contributed by atoms with Gasteiger partial charge in [0, 0.05) is 0 Å². The summed E-state index contributed by atoms with van der Waals surface area (Å²) in [5, 5.41) is 0. The lowest BCUT2D eigenvalue weighted by molar-refractivity contribution is 1.05. The Morgan fingerprint density at radius 2 is 1.80 bits per heavy atom. The molecule has 0 aromatic rings. The van der Waals surface area contributed by atoms with Crippen molar-refractivity contribution in [1.82, 2.24) is 0 Å². The van der Waals surface area contributed by atoms with E-state index in [2.05, 4.69) is 0 Å². The largest absolute Gasteiger partial charge is 0.276 e. The van der Waals surface area contributed by atoms with Crippen molar-refractivity contribution in [2.24, 2.45) is 0 Å². The van der Waals surface area contributed by atoms with E-state index in [1.807, 2.05) is 13.5 Å². The summed E-state index contributed by atoms with van der Waals surface area (Å²) in [5.74, 6) is 0. The van der Waals surface area contributed by atoms with E-state index >= 15 is 0 Å². The number of hydrogen-bond acceptors (Lipinski definition) is 0. The zero-order chi connectivity index (χ0) is 8.36. The molecule has 0 spiro atoms. The standard InChI is InChI=1S/C4H9Cl4Si2/c1-4(9(5)6)3-10(2,7)8/h4H,3H2,1-2H3. The van der Waals surface area contributed by atoms with Crippen molar-refractivity contribution in [3.05, 3.63) is 0 Å². The van der Waals surface area contributed by atoms with Gasteiger partial charge in [-0.2, -0.15) is 0 Å². The number of rotatable bonds is 3. The fourth-order valence-electron chi connectivity index (χ4n) is 0.615. The Morgan fingerprint density at radius 1 is 1.40 bits per heavy atom. The van der Waals surface area contributed by atoms with Crippen LogP contribution in [0.4, 0.5) is 0 Å². The summed E-state index contributed by atoms with van der Waals surface area (Å²) in [6.45, 7) is 1.89. The third-order valence-corrected chi connectivity index (χ3v) is 6.88. The molecule has 0 aromatic heterocycles. The first-order valence-electron chi connectivity index (χ1n) is 2.88. The highest BCUT2D eigenvalue weighted by Crippen LogP contribution is 2.31. The summed E-state index contributed by atoms with van der Waals surface area (Å²) >= 11 is 23.2. The SMILES string of the molecule is CC(C[Si](C)(Cl)Cl)[Si](Cl)Cl. The molecule has 6 heteroatoms. The summed E-state index contributed by atoms with van der Waals surface area (Å²) in [6, 6.07) is 0.789. The van der Waals surface area contributed by atoms with Gasteiger partial charge in [-0.15, -0.1) is 44.3 Å². The molecule has 0 heterocycles. The van der Waals surface area contributed by atoms with Crippen molar-refractivity contribution >= 4 is 58.4 Å². The van der Waals surface area contributed by atoms with Gasteiger partial charge in [-0.3, -0.25) is 0 Å². The fraction of sp³-hybridized carbons (Fsp3) is 1.00. The van der Waals surface area contributed by atoms with Crippen LogP contribution in [0.25, 0.3) is 0 Å². The summed E-state index contributed by atoms with van der Waals surface area (Å²) in [4.78, 5) is 0. The molecule has 0 aliphatic carbocycles. The minimum atomic E-state index is -1.98. The highest BCUT2D eigenvalue weighted by atomic mass is 35.7. The van der Waals surface area contributed by atoms with Gasteiger partial charge < -0.3 is 0 Å². The maximum atomic E-state index is 5.88. The van der Waals surface area contributed by atoms with E-state index in [1.54, 1.807) is 0 Å². The quantitative estimate of drug-likeness (QED) is 0.530. The molecule has 0 rings (SSSR count). The second-order valence-electron chi connectivity index (χ2n) is 2.47. The van der Waals surface area contributed by atoms with Crippen molar-refractivity contribution in [3.8, 4) is 0 Å². The van der Waals surface area contributed by atoms with E-state index in [1.165, 1.54) is 0 Å². The topological polar surface area (TPSA) is 0 Å². The molecule has 1 radical (unpaired) electrons. The average Bonchev–Trinajstić information content (AvgIpc) is 1.60. The molecule has 0 aliphatic heterocycles. The predicted molar refractivity (Wildman–Crippen MR) is 55.0 cm³/mol. The van der Waals surface area contributed by atoms with E-state index in [0.29, 0.717) is 5.54 Å². The summed E-state index contributed by atoms with van der Waals surface area (Å²) in [6.07, 6.45) is 0. The first-order chi connectivity index (χ1) is 4.33. The minimum Gasteiger partial charge on any atom is -0.146 e. The lowest BCUT2D eigenvalue weighted by Gasteiger charge is -2.15. The molecule has 10 heavy (non-hydrogen) atoms. The third-order valence-electron chi connectivity index (χ3n) is 1.04. The Hall–Kier alpha value is 1.59. The molecule has 0 aromatic carbocycles. The molecule has 0 fully saturated rings. The predicted octanol–water partition coefficient (Wildman–Crippen LogP) is 3.89. The lowest BCUT2D eigenvalue weighted by Crippen LogP contribution is -2.18. The maximum absolute atomic E-state index is 5.88. The zero-order valence-electron chi connectivity index (χ0n) is 5.80. The van der Waals surface area contributed by atoms with Crippen LogP contribution in [0.15, 0.2) is 0 Å². The van der Waals surface area contributed by atoms with Gasteiger partial charge in [0.25, 0.3) is 7.42 Å². The number of hydrogen-bond donors (Lipinski definition) is 0. The van der Waals surface area contributed by atoms with Crippen molar-refractivity contribution < 1.29 is 0 Å². The molecule has 0 nitrogen and oxygen atoms in total. The van der Waals surface area contributed by atoms with Gasteiger partial charge in [-0.05, 0) is 18.1 Å². The first-order valence-corrected chi connectivity index (χ1v) is 11.2. The molecule has 0 saturated carbocycles. The molecular weight excluding hydrogens is 246 g/mol. The summed E-state index contributed by atoms with van der Waals surface area (Å²) in [7, 11) is -1.23. The Kier molecular flexibility index (Phi) is 5.31. The van der Waals surface area contributed by atoms with Gasteiger partial charge in [0.15, 0.2) is 0 Å². The van der Waals surface area contributed by atoms with Gasteiger partial charge in [0.2, 0.25) is 6.69 Å². The van der Waals surface area contributed by atoms with Crippen molar-refractivity contribution in [2.75, 3.05) is 0 Å². The Balaban J connectivity index is 3.68. The monoisotopic (exact) mass is 253 g/mol. The second-order valence-corrected chi connectivity index (χ2v) is 15.2. The smallest absolute Gasteiger partial charge is 0.146 e. The molecule has 0 N–H and O–H groups in total. The van der Waals surface area contributed by atoms with E-state index < -0.39 is 14.1 Å². The van der Waals surface area contributed by atoms with Crippen LogP contribution in [0, 0.1) is 0 Å². The average molecular weight is 255 g/mol. The number of halogens is 4. The zero-order valence-corrected chi connectivity index (χ0v) is 10.8. The third kappa shape index (κ3) is 6.31. The fourth-order valence-corrected chi connectivity index (χ4v) is 7.09. The highest BCUT2D eigenvalue weighted by Gasteiger charge is 2.28. The van der Waals surface area contributed by atoms with Gasteiger partial charge in [-0.1, -0.05) is 6.92 Å². The van der Waals surface area contributed by atoms with Gasteiger partial charge in [-0.25, -0.2) is 0 Å². The van der Waals surface area contributed by atoms with Crippen LogP contribution in [-0.2, 0) is 0 Å². The van der Waals surface area contributed by atoms with Gasteiger partial charge in [0.1, 0.15) is 0 Å². The first kappa shape index (κ1) is 11.6. The molecule has 1 atom stereocenters.